The van der Waals surface area contributed by atoms with Gasteiger partial charge >= 0.3 is 5.69 Å². The summed E-state index contributed by atoms with van der Waals surface area (Å²) < 4.78 is 0. The third kappa shape index (κ3) is 4.57. The molecule has 2 heterocycles. The van der Waals surface area contributed by atoms with E-state index in [1.807, 2.05) is 24.3 Å². The van der Waals surface area contributed by atoms with Crippen molar-refractivity contribution in [3.8, 4) is 0 Å². The fourth-order valence-corrected chi connectivity index (χ4v) is 4.30. The number of carbonyl (C=O) groups excluding carboxylic acids is 1. The molecule has 0 atom stereocenters. The summed E-state index contributed by atoms with van der Waals surface area (Å²) in [5.74, 6) is -0.800. The van der Waals surface area contributed by atoms with Gasteiger partial charge in [0.1, 0.15) is 6.33 Å². The van der Waals surface area contributed by atoms with Gasteiger partial charge in [0.15, 0.2) is 5.03 Å². The van der Waals surface area contributed by atoms with Crippen molar-refractivity contribution in [2.45, 2.75) is 9.92 Å². The molecule has 4 rings (SSSR count). The molecule has 2 aromatic carbocycles. The highest BCUT2D eigenvalue weighted by molar-refractivity contribution is 7.99. The van der Waals surface area contributed by atoms with Crippen molar-refractivity contribution >= 4 is 63.3 Å². The molecule has 32 heavy (non-hydrogen) atoms. The lowest BCUT2D eigenvalue weighted by molar-refractivity contribution is -0.387. The van der Waals surface area contributed by atoms with Gasteiger partial charge in [-0.2, -0.15) is 0 Å². The van der Waals surface area contributed by atoms with Crippen molar-refractivity contribution in [3.63, 3.8) is 0 Å². The lowest BCUT2D eigenvalue weighted by Crippen LogP contribution is -2.30. The van der Waals surface area contributed by atoms with Gasteiger partial charge in [-0.25, -0.2) is 9.97 Å². The largest absolute Gasteiger partial charge is 0.345 e. The van der Waals surface area contributed by atoms with Crippen LogP contribution >= 0.6 is 35.0 Å². The van der Waals surface area contributed by atoms with E-state index in [0.29, 0.717) is 15.4 Å². The highest BCUT2D eigenvalue weighted by Gasteiger charge is 2.25. The number of nitro groups is 1. The van der Waals surface area contributed by atoms with Crippen molar-refractivity contribution in [1.29, 1.82) is 0 Å². The number of amides is 1. The normalized spacial score (nSPS) is 10.7. The minimum Gasteiger partial charge on any atom is -0.276 e. The number of hydrogen-bond acceptors (Lipinski definition) is 8. The predicted octanol–water partition coefficient (Wildman–Crippen LogP) is 5.15. The Bertz CT molecular complexity index is 1350. The Morgan fingerprint density at radius 1 is 1.06 bits per heavy atom. The van der Waals surface area contributed by atoms with Gasteiger partial charge in [0, 0.05) is 21.5 Å². The van der Waals surface area contributed by atoms with E-state index < -0.39 is 16.5 Å². The second-order valence-electron chi connectivity index (χ2n) is 6.27. The smallest absolute Gasteiger partial charge is 0.276 e. The molecule has 160 valence electrons. The summed E-state index contributed by atoms with van der Waals surface area (Å²) in [5.41, 5.74) is 5.27. The molecule has 0 aliphatic heterocycles. The van der Waals surface area contributed by atoms with E-state index in [0.717, 1.165) is 23.5 Å². The molecule has 4 aromatic rings. The first-order chi connectivity index (χ1) is 15.4. The molecule has 0 fully saturated rings. The number of pyridine rings is 1. The van der Waals surface area contributed by atoms with E-state index >= 15 is 0 Å². The zero-order valence-corrected chi connectivity index (χ0v) is 18.3. The molecular weight excluding hydrogens is 475 g/mol. The molecule has 0 unspecified atom stereocenters. The number of aromatic nitrogens is 3. The predicted molar refractivity (Wildman–Crippen MR) is 122 cm³/mol. The molecular formula is C20H12Cl2N6O3S. The standard InChI is InChI=1S/C20H12Cl2N6O3S/c21-12-6-7-13(14(22)9-12)19(29)27-26-18-17(28(30)31)20(25-10-24-18)32-15-5-1-3-11-4-2-8-23-16(11)15/h1-10H,(H,27,29)(H,24,25,26). The summed E-state index contributed by atoms with van der Waals surface area (Å²) in [6, 6.07) is 13.6. The van der Waals surface area contributed by atoms with Crippen LogP contribution in [0.5, 0.6) is 0 Å². The van der Waals surface area contributed by atoms with Crippen LogP contribution < -0.4 is 10.9 Å². The minimum absolute atomic E-state index is 0.0874. The summed E-state index contributed by atoms with van der Waals surface area (Å²) in [5, 5.41) is 13.3. The second-order valence-corrected chi connectivity index (χ2v) is 8.14. The van der Waals surface area contributed by atoms with Crippen molar-refractivity contribution < 1.29 is 9.72 Å². The first kappa shape index (κ1) is 21.8. The fraction of sp³-hybridized carbons (Fsp3) is 0. The molecule has 2 N–H and O–H groups in total. The lowest BCUT2D eigenvalue weighted by atomic mass is 10.2. The Morgan fingerprint density at radius 2 is 1.88 bits per heavy atom. The molecule has 2 aromatic heterocycles. The Labute approximate surface area is 195 Å². The Morgan fingerprint density at radius 3 is 2.66 bits per heavy atom. The fourth-order valence-electron chi connectivity index (χ4n) is 2.81. The van der Waals surface area contributed by atoms with Gasteiger partial charge in [0.05, 0.1) is 21.0 Å². The second kappa shape index (κ2) is 9.35. The summed E-state index contributed by atoms with van der Waals surface area (Å²) in [4.78, 5) is 36.6. The van der Waals surface area contributed by atoms with Crippen LogP contribution in [0.1, 0.15) is 10.4 Å². The Kier molecular flexibility index (Phi) is 6.35. The summed E-state index contributed by atoms with van der Waals surface area (Å²) >= 11 is 13.0. The number of hydrogen-bond donors (Lipinski definition) is 2. The first-order valence-electron chi connectivity index (χ1n) is 8.96. The van der Waals surface area contributed by atoms with Gasteiger partial charge in [-0.15, -0.1) is 0 Å². The molecule has 0 radical (unpaired) electrons. The van der Waals surface area contributed by atoms with Crippen molar-refractivity contribution in [2.24, 2.45) is 0 Å². The number of benzene rings is 2. The van der Waals surface area contributed by atoms with E-state index in [-0.39, 0.29) is 21.4 Å². The van der Waals surface area contributed by atoms with E-state index in [4.69, 9.17) is 23.2 Å². The maximum Gasteiger partial charge on any atom is 0.345 e. The van der Waals surface area contributed by atoms with Gasteiger partial charge in [-0.05, 0) is 30.3 Å². The summed E-state index contributed by atoms with van der Waals surface area (Å²) in [7, 11) is 0. The number of fused-ring (bicyclic) bond motifs is 1. The molecule has 9 nitrogen and oxygen atoms in total. The van der Waals surface area contributed by atoms with Crippen LogP contribution in [0.2, 0.25) is 10.0 Å². The molecule has 1 amide bonds. The SMILES string of the molecule is O=C(NNc1ncnc(Sc2cccc3cccnc23)c1[N+](=O)[O-])c1ccc(Cl)cc1Cl. The van der Waals surface area contributed by atoms with Gasteiger partial charge in [-0.3, -0.25) is 30.7 Å². The number of carbonyl (C=O) groups is 1. The number of anilines is 1. The Balaban J connectivity index is 1.62. The topological polar surface area (TPSA) is 123 Å². The van der Waals surface area contributed by atoms with Gasteiger partial charge in [0.2, 0.25) is 5.82 Å². The molecule has 0 bridgehead atoms. The van der Waals surface area contributed by atoms with Crippen molar-refractivity contribution in [1.82, 2.24) is 20.4 Å². The molecule has 12 heteroatoms. The zero-order chi connectivity index (χ0) is 22.7. The van der Waals surface area contributed by atoms with Crippen LogP contribution in [0.3, 0.4) is 0 Å². The zero-order valence-electron chi connectivity index (χ0n) is 16.0. The first-order valence-corrected chi connectivity index (χ1v) is 10.5. The maximum absolute atomic E-state index is 12.4. The lowest BCUT2D eigenvalue weighted by Gasteiger charge is -2.11. The van der Waals surface area contributed by atoms with E-state index in [1.54, 1.807) is 12.3 Å². The van der Waals surface area contributed by atoms with Crippen LogP contribution in [0.25, 0.3) is 10.9 Å². The third-order valence-corrected chi connectivity index (χ3v) is 5.83. The maximum atomic E-state index is 12.4. The van der Waals surface area contributed by atoms with Crippen LogP contribution in [-0.4, -0.2) is 25.8 Å². The van der Waals surface area contributed by atoms with E-state index in [9.17, 15) is 14.9 Å². The van der Waals surface area contributed by atoms with E-state index in [1.165, 1.54) is 18.2 Å². The van der Waals surface area contributed by atoms with Gasteiger partial charge < -0.3 is 0 Å². The number of halogens is 2. The quantitative estimate of drug-likeness (QED) is 0.218. The molecule has 0 saturated carbocycles. The molecule has 0 saturated heterocycles. The molecule has 0 spiro atoms. The average molecular weight is 487 g/mol. The highest BCUT2D eigenvalue weighted by atomic mass is 35.5. The molecule has 0 aliphatic carbocycles. The third-order valence-electron chi connectivity index (χ3n) is 4.24. The van der Waals surface area contributed by atoms with Crippen molar-refractivity contribution in [3.05, 3.63) is 86.8 Å². The summed E-state index contributed by atoms with van der Waals surface area (Å²) in [6.07, 6.45) is 2.81. The number of rotatable bonds is 6. The molecule has 0 aliphatic rings. The number of nitrogens with zero attached hydrogens (tertiary/aromatic N) is 4. The van der Waals surface area contributed by atoms with Crippen LogP contribution in [0, 0.1) is 10.1 Å². The monoisotopic (exact) mass is 486 g/mol. The van der Waals surface area contributed by atoms with Crippen LogP contribution in [0.15, 0.2) is 71.0 Å². The average Bonchev–Trinajstić information content (AvgIpc) is 2.77. The minimum atomic E-state index is -0.620. The van der Waals surface area contributed by atoms with Gasteiger partial charge in [0.25, 0.3) is 5.91 Å². The Hall–Kier alpha value is -3.47. The van der Waals surface area contributed by atoms with Crippen LogP contribution in [0.4, 0.5) is 11.5 Å². The number of hydrazine groups is 1. The van der Waals surface area contributed by atoms with Crippen LogP contribution in [-0.2, 0) is 0 Å². The van der Waals surface area contributed by atoms with E-state index in [2.05, 4.69) is 25.8 Å². The highest BCUT2D eigenvalue weighted by Crippen LogP contribution is 2.38. The van der Waals surface area contributed by atoms with Gasteiger partial charge in [-0.1, -0.05) is 53.2 Å². The summed E-state index contributed by atoms with van der Waals surface area (Å²) in [6.45, 7) is 0. The number of para-hydroxylation sites is 1. The van der Waals surface area contributed by atoms with Crippen molar-refractivity contribution in [2.75, 3.05) is 5.43 Å². The number of nitrogens with one attached hydrogen (secondary N) is 2.